The molecule has 0 aliphatic rings. The standard InChI is InChI=1S/C14H20N2O2/c1-3-11(2)14(18)16-10-13(17)15-9-12-7-5-4-6-8-12/h4-8,11H,3,9-10H2,1-2H3,(H,15,17)(H,16,18). The summed E-state index contributed by atoms with van der Waals surface area (Å²) in [5, 5.41) is 5.38. The number of rotatable bonds is 6. The lowest BCUT2D eigenvalue weighted by molar-refractivity contribution is -0.128. The quantitative estimate of drug-likeness (QED) is 0.801. The third kappa shape index (κ3) is 4.99. The van der Waals surface area contributed by atoms with Gasteiger partial charge in [-0.2, -0.15) is 0 Å². The van der Waals surface area contributed by atoms with E-state index in [4.69, 9.17) is 0 Å². The van der Waals surface area contributed by atoms with Gasteiger partial charge in [0.2, 0.25) is 11.8 Å². The average Bonchev–Trinajstić information content (AvgIpc) is 2.42. The summed E-state index contributed by atoms with van der Waals surface area (Å²) in [6.07, 6.45) is 0.775. The fraction of sp³-hybridized carbons (Fsp3) is 0.429. The highest BCUT2D eigenvalue weighted by Crippen LogP contribution is 1.99. The smallest absolute Gasteiger partial charge is 0.239 e. The Balaban J connectivity index is 2.24. The van der Waals surface area contributed by atoms with Gasteiger partial charge >= 0.3 is 0 Å². The van der Waals surface area contributed by atoms with Crippen molar-refractivity contribution >= 4 is 11.8 Å². The summed E-state index contributed by atoms with van der Waals surface area (Å²) >= 11 is 0. The summed E-state index contributed by atoms with van der Waals surface area (Å²) < 4.78 is 0. The number of hydrogen-bond acceptors (Lipinski definition) is 2. The van der Waals surface area contributed by atoms with Crippen molar-refractivity contribution in [1.29, 1.82) is 0 Å². The van der Waals surface area contributed by atoms with Gasteiger partial charge in [0.25, 0.3) is 0 Å². The van der Waals surface area contributed by atoms with Crippen LogP contribution in [0.15, 0.2) is 30.3 Å². The minimum Gasteiger partial charge on any atom is -0.350 e. The van der Waals surface area contributed by atoms with E-state index in [0.29, 0.717) is 6.54 Å². The van der Waals surface area contributed by atoms with Gasteiger partial charge in [-0.3, -0.25) is 9.59 Å². The molecule has 0 aliphatic heterocycles. The predicted octanol–water partition coefficient (Wildman–Crippen LogP) is 1.47. The molecular weight excluding hydrogens is 228 g/mol. The lowest BCUT2D eigenvalue weighted by Gasteiger charge is -2.10. The lowest BCUT2D eigenvalue weighted by Crippen LogP contribution is -2.38. The summed E-state index contributed by atoms with van der Waals surface area (Å²) in [6.45, 7) is 4.31. The molecule has 1 rings (SSSR count). The van der Waals surface area contributed by atoms with E-state index in [1.807, 2.05) is 44.2 Å². The molecule has 0 saturated carbocycles. The van der Waals surface area contributed by atoms with Gasteiger partial charge in [0.05, 0.1) is 6.54 Å². The van der Waals surface area contributed by atoms with Crippen LogP contribution in [-0.4, -0.2) is 18.4 Å². The molecule has 98 valence electrons. The van der Waals surface area contributed by atoms with Crippen LogP contribution in [0.5, 0.6) is 0 Å². The van der Waals surface area contributed by atoms with Crippen molar-refractivity contribution < 1.29 is 9.59 Å². The topological polar surface area (TPSA) is 58.2 Å². The number of hydrogen-bond donors (Lipinski definition) is 2. The summed E-state index contributed by atoms with van der Waals surface area (Å²) in [5.41, 5.74) is 1.04. The first kappa shape index (κ1) is 14.2. The summed E-state index contributed by atoms with van der Waals surface area (Å²) in [7, 11) is 0. The Morgan fingerprint density at radius 3 is 2.44 bits per heavy atom. The molecule has 0 heterocycles. The minimum atomic E-state index is -0.171. The fourth-order valence-electron chi connectivity index (χ4n) is 1.39. The zero-order chi connectivity index (χ0) is 13.4. The maximum atomic E-state index is 11.5. The SMILES string of the molecule is CCC(C)C(=O)NCC(=O)NCc1ccccc1. The molecular formula is C14H20N2O2. The highest BCUT2D eigenvalue weighted by atomic mass is 16.2. The zero-order valence-corrected chi connectivity index (χ0v) is 10.9. The van der Waals surface area contributed by atoms with Crippen LogP contribution in [0.25, 0.3) is 0 Å². The van der Waals surface area contributed by atoms with E-state index in [-0.39, 0.29) is 24.3 Å². The van der Waals surface area contributed by atoms with Crippen molar-refractivity contribution in [3.05, 3.63) is 35.9 Å². The van der Waals surface area contributed by atoms with Gasteiger partial charge in [-0.1, -0.05) is 44.2 Å². The minimum absolute atomic E-state index is 0.0377. The molecule has 4 heteroatoms. The third-order valence-electron chi connectivity index (χ3n) is 2.82. The van der Waals surface area contributed by atoms with E-state index >= 15 is 0 Å². The van der Waals surface area contributed by atoms with Gasteiger partial charge in [0.1, 0.15) is 0 Å². The molecule has 0 bridgehead atoms. The number of nitrogens with one attached hydrogen (secondary N) is 2. The molecule has 2 amide bonds. The van der Waals surface area contributed by atoms with E-state index in [2.05, 4.69) is 10.6 Å². The van der Waals surface area contributed by atoms with E-state index in [1.165, 1.54) is 0 Å². The van der Waals surface area contributed by atoms with E-state index in [0.717, 1.165) is 12.0 Å². The van der Waals surface area contributed by atoms with Gasteiger partial charge in [-0.15, -0.1) is 0 Å². The average molecular weight is 248 g/mol. The van der Waals surface area contributed by atoms with Crippen molar-refractivity contribution in [2.24, 2.45) is 5.92 Å². The second-order valence-corrected chi connectivity index (χ2v) is 4.29. The Kier molecular flexibility index (Phi) is 5.91. The molecule has 18 heavy (non-hydrogen) atoms. The maximum absolute atomic E-state index is 11.5. The van der Waals surface area contributed by atoms with Crippen molar-refractivity contribution in [3.63, 3.8) is 0 Å². The largest absolute Gasteiger partial charge is 0.350 e. The van der Waals surface area contributed by atoms with Gasteiger partial charge < -0.3 is 10.6 Å². The first-order valence-electron chi connectivity index (χ1n) is 6.21. The predicted molar refractivity (Wildman–Crippen MR) is 70.8 cm³/mol. The second kappa shape index (κ2) is 7.48. The van der Waals surface area contributed by atoms with Gasteiger partial charge in [-0.25, -0.2) is 0 Å². The monoisotopic (exact) mass is 248 g/mol. The highest BCUT2D eigenvalue weighted by molar-refractivity contribution is 5.85. The number of carbonyl (C=O) groups excluding carboxylic acids is 2. The van der Waals surface area contributed by atoms with Crippen LogP contribution >= 0.6 is 0 Å². The van der Waals surface area contributed by atoms with E-state index in [9.17, 15) is 9.59 Å². The molecule has 2 N–H and O–H groups in total. The van der Waals surface area contributed by atoms with Crippen LogP contribution in [0.4, 0.5) is 0 Å². The Labute approximate surface area is 108 Å². The number of benzene rings is 1. The van der Waals surface area contributed by atoms with Crippen molar-refractivity contribution in [2.75, 3.05) is 6.54 Å². The molecule has 0 fully saturated rings. The number of amides is 2. The zero-order valence-electron chi connectivity index (χ0n) is 10.9. The summed E-state index contributed by atoms with van der Waals surface area (Å²) in [5.74, 6) is -0.296. The number of carbonyl (C=O) groups is 2. The lowest BCUT2D eigenvalue weighted by atomic mass is 10.1. The molecule has 1 aromatic rings. The fourth-order valence-corrected chi connectivity index (χ4v) is 1.39. The second-order valence-electron chi connectivity index (χ2n) is 4.29. The van der Waals surface area contributed by atoms with Crippen LogP contribution < -0.4 is 10.6 Å². The van der Waals surface area contributed by atoms with Crippen molar-refractivity contribution in [2.45, 2.75) is 26.8 Å². The molecule has 0 saturated heterocycles. The molecule has 0 aliphatic carbocycles. The molecule has 1 unspecified atom stereocenters. The van der Waals surface area contributed by atoms with Gasteiger partial charge in [0, 0.05) is 12.5 Å². The Morgan fingerprint density at radius 1 is 1.17 bits per heavy atom. The molecule has 0 aromatic heterocycles. The molecule has 1 atom stereocenters. The Hall–Kier alpha value is -1.84. The first-order valence-corrected chi connectivity index (χ1v) is 6.21. The summed E-state index contributed by atoms with van der Waals surface area (Å²) in [4.78, 5) is 23.0. The molecule has 0 spiro atoms. The third-order valence-corrected chi connectivity index (χ3v) is 2.82. The normalized spacial score (nSPS) is 11.7. The van der Waals surface area contributed by atoms with Crippen LogP contribution in [0, 0.1) is 5.92 Å². The van der Waals surface area contributed by atoms with E-state index < -0.39 is 0 Å². The summed E-state index contributed by atoms with van der Waals surface area (Å²) in [6, 6.07) is 9.66. The first-order chi connectivity index (χ1) is 8.63. The van der Waals surface area contributed by atoms with E-state index in [1.54, 1.807) is 0 Å². The van der Waals surface area contributed by atoms with Crippen LogP contribution in [0.2, 0.25) is 0 Å². The molecule has 4 nitrogen and oxygen atoms in total. The maximum Gasteiger partial charge on any atom is 0.239 e. The Bertz CT molecular complexity index is 390. The van der Waals surface area contributed by atoms with Crippen molar-refractivity contribution in [3.8, 4) is 0 Å². The molecule has 0 radical (unpaired) electrons. The van der Waals surface area contributed by atoms with Crippen LogP contribution in [0.1, 0.15) is 25.8 Å². The van der Waals surface area contributed by atoms with Crippen molar-refractivity contribution in [1.82, 2.24) is 10.6 Å². The Morgan fingerprint density at radius 2 is 1.83 bits per heavy atom. The van der Waals surface area contributed by atoms with Crippen LogP contribution in [-0.2, 0) is 16.1 Å². The molecule has 1 aromatic carbocycles. The van der Waals surface area contributed by atoms with Crippen LogP contribution in [0.3, 0.4) is 0 Å². The van der Waals surface area contributed by atoms with Gasteiger partial charge in [0.15, 0.2) is 0 Å². The van der Waals surface area contributed by atoms with Gasteiger partial charge in [-0.05, 0) is 12.0 Å². The highest BCUT2D eigenvalue weighted by Gasteiger charge is 2.11.